The number of hydrogen-bond acceptors (Lipinski definition) is 3. The average molecular weight is 300 g/mol. The summed E-state index contributed by atoms with van der Waals surface area (Å²) in [5.41, 5.74) is 5.25. The van der Waals surface area contributed by atoms with Gasteiger partial charge in [0.25, 0.3) is 0 Å². The van der Waals surface area contributed by atoms with E-state index in [-0.39, 0.29) is 36.0 Å². The predicted molar refractivity (Wildman–Crippen MR) is 73.5 cm³/mol. The van der Waals surface area contributed by atoms with E-state index in [0.29, 0.717) is 12.8 Å². The van der Waals surface area contributed by atoms with Gasteiger partial charge in [-0.25, -0.2) is 0 Å². The van der Waals surface area contributed by atoms with Crippen LogP contribution in [0.1, 0.15) is 36.8 Å². The third-order valence-electron chi connectivity index (χ3n) is 4.65. The minimum absolute atomic E-state index is 0.128. The topological polar surface area (TPSA) is 49.5 Å². The van der Waals surface area contributed by atoms with E-state index in [1.165, 1.54) is 12.1 Å². The van der Waals surface area contributed by atoms with Gasteiger partial charge in [-0.3, -0.25) is 4.90 Å². The molecule has 21 heavy (non-hydrogen) atoms. The molecule has 3 nitrogen and oxygen atoms in total. The van der Waals surface area contributed by atoms with Crippen LogP contribution in [-0.4, -0.2) is 28.2 Å². The number of nitrogen functional groups attached to an aromatic ring is 1. The lowest BCUT2D eigenvalue weighted by molar-refractivity contribution is -0.138. The highest BCUT2D eigenvalue weighted by Gasteiger charge is 2.41. The van der Waals surface area contributed by atoms with Crippen LogP contribution in [0.5, 0.6) is 0 Å². The Morgan fingerprint density at radius 3 is 2.38 bits per heavy atom. The summed E-state index contributed by atoms with van der Waals surface area (Å²) in [6, 6.07) is 4.39. The molecular weight excluding hydrogens is 281 g/mol. The first-order valence-electron chi connectivity index (χ1n) is 7.24. The number of alkyl halides is 3. The molecule has 3 rings (SSSR count). The highest BCUT2D eigenvalue weighted by atomic mass is 19.4. The molecule has 1 aromatic rings. The third-order valence-corrected chi connectivity index (χ3v) is 4.65. The second-order valence-corrected chi connectivity index (χ2v) is 6.10. The predicted octanol–water partition coefficient (Wildman–Crippen LogP) is 2.78. The second-order valence-electron chi connectivity index (χ2n) is 6.10. The van der Waals surface area contributed by atoms with E-state index in [0.717, 1.165) is 18.9 Å². The molecule has 2 saturated heterocycles. The van der Waals surface area contributed by atoms with Crippen molar-refractivity contribution < 1.29 is 18.3 Å². The van der Waals surface area contributed by atoms with Crippen molar-refractivity contribution in [3.8, 4) is 0 Å². The lowest BCUT2D eigenvalue weighted by Gasteiger charge is -2.37. The molecule has 3 N–H and O–H groups in total. The Morgan fingerprint density at radius 2 is 1.81 bits per heavy atom. The number of rotatable bonds is 2. The largest absolute Gasteiger partial charge is 0.416 e. The van der Waals surface area contributed by atoms with Crippen molar-refractivity contribution in [3.05, 3.63) is 29.3 Å². The molecule has 6 heteroatoms. The summed E-state index contributed by atoms with van der Waals surface area (Å²) in [5.74, 6) is 0. The fraction of sp³-hybridized carbons (Fsp3) is 0.600. The molecule has 2 unspecified atom stereocenters. The molecule has 0 saturated carbocycles. The minimum atomic E-state index is -4.39. The van der Waals surface area contributed by atoms with Crippen LogP contribution >= 0.6 is 0 Å². The van der Waals surface area contributed by atoms with E-state index in [9.17, 15) is 18.3 Å². The molecule has 2 aliphatic heterocycles. The van der Waals surface area contributed by atoms with Gasteiger partial charge in [0.1, 0.15) is 0 Å². The molecule has 116 valence electrons. The fourth-order valence-electron chi connectivity index (χ4n) is 3.70. The summed E-state index contributed by atoms with van der Waals surface area (Å²) >= 11 is 0. The molecule has 0 aromatic heterocycles. The number of benzene rings is 1. The Morgan fingerprint density at radius 1 is 1.19 bits per heavy atom. The number of aliphatic hydroxyl groups is 1. The van der Waals surface area contributed by atoms with E-state index < -0.39 is 11.7 Å². The average Bonchev–Trinajstić information content (AvgIpc) is 2.62. The minimum Gasteiger partial charge on any atom is -0.399 e. The molecule has 2 bridgehead atoms. The van der Waals surface area contributed by atoms with Gasteiger partial charge < -0.3 is 10.8 Å². The van der Waals surface area contributed by atoms with E-state index in [1.807, 2.05) is 0 Å². The van der Waals surface area contributed by atoms with Crippen molar-refractivity contribution in [2.24, 2.45) is 0 Å². The molecule has 2 heterocycles. The van der Waals surface area contributed by atoms with Crippen LogP contribution in [0.4, 0.5) is 18.9 Å². The van der Waals surface area contributed by atoms with Gasteiger partial charge in [-0.15, -0.1) is 0 Å². The quantitative estimate of drug-likeness (QED) is 0.826. The standard InChI is InChI=1S/C15H19F3N2O/c16-15(17,18)14-5-10(19)2-1-9(14)8-20-11-3-4-12(20)7-13(21)6-11/h1-2,5,11-13,21H,3-4,6-8,19H2. The van der Waals surface area contributed by atoms with E-state index in [1.54, 1.807) is 0 Å². The molecule has 2 fully saturated rings. The van der Waals surface area contributed by atoms with E-state index in [2.05, 4.69) is 4.90 Å². The number of nitrogens with two attached hydrogens (primary N) is 1. The first kappa shape index (κ1) is 14.7. The molecule has 0 radical (unpaired) electrons. The van der Waals surface area contributed by atoms with Gasteiger partial charge in [0, 0.05) is 24.3 Å². The monoisotopic (exact) mass is 300 g/mol. The summed E-state index contributed by atoms with van der Waals surface area (Å²) in [4.78, 5) is 2.12. The first-order valence-corrected chi connectivity index (χ1v) is 7.24. The van der Waals surface area contributed by atoms with Gasteiger partial charge in [-0.05, 0) is 43.4 Å². The van der Waals surface area contributed by atoms with Crippen molar-refractivity contribution in [2.45, 2.75) is 56.6 Å². The number of fused-ring (bicyclic) bond motifs is 2. The van der Waals surface area contributed by atoms with Crippen LogP contribution < -0.4 is 5.73 Å². The fourth-order valence-corrected chi connectivity index (χ4v) is 3.70. The van der Waals surface area contributed by atoms with Gasteiger partial charge in [0.2, 0.25) is 0 Å². The van der Waals surface area contributed by atoms with Crippen molar-refractivity contribution in [1.82, 2.24) is 4.90 Å². The highest BCUT2D eigenvalue weighted by Crippen LogP contribution is 2.39. The Kier molecular flexibility index (Phi) is 3.61. The Balaban J connectivity index is 1.86. The van der Waals surface area contributed by atoms with Crippen molar-refractivity contribution in [1.29, 1.82) is 0 Å². The number of piperidine rings is 1. The summed E-state index contributed by atoms with van der Waals surface area (Å²) in [7, 11) is 0. The second kappa shape index (κ2) is 5.18. The van der Waals surface area contributed by atoms with Crippen LogP contribution in [-0.2, 0) is 12.7 Å². The van der Waals surface area contributed by atoms with Crippen molar-refractivity contribution in [2.75, 3.05) is 5.73 Å². The Hall–Kier alpha value is -1.27. The number of anilines is 1. The number of hydrogen-bond donors (Lipinski definition) is 2. The smallest absolute Gasteiger partial charge is 0.399 e. The van der Waals surface area contributed by atoms with Crippen LogP contribution in [0.3, 0.4) is 0 Å². The van der Waals surface area contributed by atoms with Crippen LogP contribution in [0.25, 0.3) is 0 Å². The third kappa shape index (κ3) is 2.87. The molecule has 2 aliphatic rings. The van der Waals surface area contributed by atoms with Gasteiger partial charge in [0.15, 0.2) is 0 Å². The zero-order valence-electron chi connectivity index (χ0n) is 11.6. The number of nitrogens with zero attached hydrogens (tertiary/aromatic N) is 1. The van der Waals surface area contributed by atoms with Gasteiger partial charge >= 0.3 is 6.18 Å². The van der Waals surface area contributed by atoms with E-state index >= 15 is 0 Å². The molecule has 0 spiro atoms. The van der Waals surface area contributed by atoms with Gasteiger partial charge in [-0.2, -0.15) is 13.2 Å². The molecule has 0 aliphatic carbocycles. The highest BCUT2D eigenvalue weighted by molar-refractivity contribution is 5.46. The normalized spacial score (nSPS) is 29.8. The number of halogens is 3. The van der Waals surface area contributed by atoms with Crippen LogP contribution in [0, 0.1) is 0 Å². The maximum absolute atomic E-state index is 13.1. The summed E-state index contributed by atoms with van der Waals surface area (Å²) in [6.45, 7) is 0.275. The maximum atomic E-state index is 13.1. The van der Waals surface area contributed by atoms with Crippen molar-refractivity contribution in [3.63, 3.8) is 0 Å². The van der Waals surface area contributed by atoms with E-state index in [4.69, 9.17) is 5.73 Å². The van der Waals surface area contributed by atoms with Crippen molar-refractivity contribution >= 4 is 5.69 Å². The zero-order chi connectivity index (χ0) is 15.2. The van der Waals surface area contributed by atoms with Crippen LogP contribution in [0.15, 0.2) is 18.2 Å². The Labute approximate surface area is 121 Å². The van der Waals surface area contributed by atoms with Gasteiger partial charge in [-0.1, -0.05) is 6.07 Å². The molecule has 1 aromatic carbocycles. The SMILES string of the molecule is Nc1ccc(CN2C3CCC2CC(O)C3)c(C(F)(F)F)c1. The summed E-state index contributed by atoms with van der Waals surface area (Å²) in [5, 5.41) is 9.77. The lowest BCUT2D eigenvalue weighted by Crippen LogP contribution is -2.44. The Bertz CT molecular complexity index is 518. The first-order chi connectivity index (χ1) is 9.84. The molecular formula is C15H19F3N2O. The number of aliphatic hydroxyl groups excluding tert-OH is 1. The molecule has 0 amide bonds. The zero-order valence-corrected chi connectivity index (χ0v) is 11.6. The summed E-state index contributed by atoms with van der Waals surface area (Å²) < 4.78 is 39.4. The van der Waals surface area contributed by atoms with Crippen LogP contribution in [0.2, 0.25) is 0 Å². The maximum Gasteiger partial charge on any atom is 0.416 e. The van der Waals surface area contributed by atoms with Gasteiger partial charge in [0.05, 0.1) is 11.7 Å². The lowest BCUT2D eigenvalue weighted by atomic mass is 9.97. The molecule has 2 atom stereocenters. The summed E-state index contributed by atoms with van der Waals surface area (Å²) in [6.07, 6.45) is -1.47.